The van der Waals surface area contributed by atoms with Gasteiger partial charge in [-0.1, -0.05) is 12.1 Å². The van der Waals surface area contributed by atoms with Crippen molar-refractivity contribution in [2.75, 3.05) is 6.54 Å². The molecule has 2 rings (SSSR count). The topological polar surface area (TPSA) is 73.2 Å². The molecule has 2 aromatic rings. The van der Waals surface area contributed by atoms with Gasteiger partial charge in [0.2, 0.25) is 0 Å². The molecular formula is C18H23N3O3. The molecule has 24 heavy (non-hydrogen) atoms. The summed E-state index contributed by atoms with van der Waals surface area (Å²) in [6.07, 6.45) is 2.38. The van der Waals surface area contributed by atoms with Crippen molar-refractivity contribution in [1.82, 2.24) is 14.9 Å². The first kappa shape index (κ1) is 17.7. The molecule has 1 amide bonds. The number of hydrogen-bond acceptors (Lipinski definition) is 4. The van der Waals surface area contributed by atoms with E-state index in [2.05, 4.69) is 10.3 Å². The molecule has 0 radical (unpaired) electrons. The standard InChI is InChI=1S/C18H23N3O3/c1-12-5-6-13(2)16(9-12)24-15(4)17(22)20-7-8-21-11-19-10-14(3)18(21)23/h5-6,9-11,15H,7-8H2,1-4H3,(H,20,22). The van der Waals surface area contributed by atoms with Crippen molar-refractivity contribution in [1.29, 1.82) is 0 Å². The van der Waals surface area contributed by atoms with E-state index >= 15 is 0 Å². The lowest BCUT2D eigenvalue weighted by atomic mass is 10.1. The van der Waals surface area contributed by atoms with Crippen LogP contribution in [0.4, 0.5) is 0 Å². The average molecular weight is 329 g/mol. The van der Waals surface area contributed by atoms with Gasteiger partial charge in [-0.2, -0.15) is 0 Å². The largest absolute Gasteiger partial charge is 0.481 e. The van der Waals surface area contributed by atoms with Crippen LogP contribution < -0.4 is 15.6 Å². The number of carbonyl (C=O) groups is 1. The van der Waals surface area contributed by atoms with Gasteiger partial charge >= 0.3 is 0 Å². The molecule has 0 saturated carbocycles. The minimum Gasteiger partial charge on any atom is -0.481 e. The SMILES string of the molecule is Cc1ccc(C)c(OC(C)C(=O)NCCn2cncc(C)c2=O)c1. The van der Waals surface area contributed by atoms with Crippen LogP contribution in [-0.4, -0.2) is 28.1 Å². The number of nitrogens with zero attached hydrogens (tertiary/aromatic N) is 2. The first-order valence-electron chi connectivity index (χ1n) is 7.91. The molecule has 0 bridgehead atoms. The summed E-state index contributed by atoms with van der Waals surface area (Å²) in [5, 5.41) is 2.78. The Balaban J connectivity index is 1.89. The van der Waals surface area contributed by atoms with E-state index in [-0.39, 0.29) is 11.5 Å². The van der Waals surface area contributed by atoms with Gasteiger partial charge in [-0.3, -0.25) is 14.2 Å². The Bertz CT molecular complexity index is 783. The molecule has 1 aromatic carbocycles. The molecular weight excluding hydrogens is 306 g/mol. The maximum atomic E-state index is 12.1. The minimum absolute atomic E-state index is 0.0982. The first-order chi connectivity index (χ1) is 11.4. The van der Waals surface area contributed by atoms with E-state index in [1.54, 1.807) is 13.8 Å². The van der Waals surface area contributed by atoms with Crippen molar-refractivity contribution in [2.24, 2.45) is 0 Å². The third-order valence-electron chi connectivity index (χ3n) is 3.74. The zero-order valence-corrected chi connectivity index (χ0v) is 14.5. The lowest BCUT2D eigenvalue weighted by Crippen LogP contribution is -2.39. The van der Waals surface area contributed by atoms with Crippen molar-refractivity contribution >= 4 is 5.91 Å². The van der Waals surface area contributed by atoms with Gasteiger partial charge in [-0.15, -0.1) is 0 Å². The van der Waals surface area contributed by atoms with Gasteiger partial charge in [-0.05, 0) is 44.9 Å². The van der Waals surface area contributed by atoms with Crippen LogP contribution in [-0.2, 0) is 11.3 Å². The molecule has 1 heterocycles. The second-order valence-corrected chi connectivity index (χ2v) is 5.90. The van der Waals surface area contributed by atoms with Gasteiger partial charge in [0.25, 0.3) is 11.5 Å². The summed E-state index contributed by atoms with van der Waals surface area (Å²) in [5.74, 6) is 0.487. The number of nitrogens with one attached hydrogen (secondary N) is 1. The van der Waals surface area contributed by atoms with Crippen LogP contribution in [0.15, 0.2) is 35.5 Å². The summed E-state index contributed by atoms with van der Waals surface area (Å²) in [5.41, 5.74) is 2.54. The Morgan fingerprint density at radius 2 is 2.04 bits per heavy atom. The van der Waals surface area contributed by atoms with Crippen LogP contribution in [0.1, 0.15) is 23.6 Å². The van der Waals surface area contributed by atoms with E-state index in [1.807, 2.05) is 32.0 Å². The average Bonchev–Trinajstić information content (AvgIpc) is 2.54. The Labute approximate surface area is 141 Å². The Kier molecular flexibility index (Phi) is 5.73. The zero-order valence-electron chi connectivity index (χ0n) is 14.5. The molecule has 0 aliphatic heterocycles. The van der Waals surface area contributed by atoms with Crippen LogP contribution in [0.2, 0.25) is 0 Å². The van der Waals surface area contributed by atoms with Gasteiger partial charge in [0.05, 0.1) is 6.33 Å². The summed E-state index contributed by atoms with van der Waals surface area (Å²) in [7, 11) is 0. The van der Waals surface area contributed by atoms with Crippen LogP contribution >= 0.6 is 0 Å². The smallest absolute Gasteiger partial charge is 0.260 e. The highest BCUT2D eigenvalue weighted by Gasteiger charge is 2.15. The lowest BCUT2D eigenvalue weighted by Gasteiger charge is -2.17. The number of hydrogen-bond donors (Lipinski definition) is 1. The Hall–Kier alpha value is -2.63. The van der Waals surface area contributed by atoms with Crippen molar-refractivity contribution in [2.45, 2.75) is 40.3 Å². The molecule has 0 aliphatic rings. The van der Waals surface area contributed by atoms with Gasteiger partial charge in [0, 0.05) is 24.8 Å². The van der Waals surface area contributed by atoms with E-state index < -0.39 is 6.10 Å². The quantitative estimate of drug-likeness (QED) is 0.876. The zero-order chi connectivity index (χ0) is 17.7. The van der Waals surface area contributed by atoms with Crippen molar-refractivity contribution in [3.63, 3.8) is 0 Å². The molecule has 6 nitrogen and oxygen atoms in total. The maximum Gasteiger partial charge on any atom is 0.260 e. The van der Waals surface area contributed by atoms with Gasteiger partial charge < -0.3 is 10.1 Å². The summed E-state index contributed by atoms with van der Waals surface area (Å²) < 4.78 is 7.22. The number of ether oxygens (including phenoxy) is 1. The van der Waals surface area contributed by atoms with E-state index in [4.69, 9.17) is 4.74 Å². The normalized spacial score (nSPS) is 11.8. The summed E-state index contributed by atoms with van der Waals surface area (Å²) in [6.45, 7) is 8.04. The van der Waals surface area contributed by atoms with Crippen molar-refractivity contribution in [3.8, 4) is 5.75 Å². The number of rotatable bonds is 6. The molecule has 1 atom stereocenters. The number of aromatic nitrogens is 2. The second-order valence-electron chi connectivity index (χ2n) is 5.90. The van der Waals surface area contributed by atoms with Crippen molar-refractivity contribution in [3.05, 3.63) is 57.8 Å². The number of amides is 1. The molecule has 1 unspecified atom stereocenters. The molecule has 1 N–H and O–H groups in total. The molecule has 1 aromatic heterocycles. The van der Waals surface area contributed by atoms with Gasteiger partial charge in [0.15, 0.2) is 6.10 Å². The van der Waals surface area contributed by atoms with E-state index in [1.165, 1.54) is 17.1 Å². The highest BCUT2D eigenvalue weighted by Crippen LogP contribution is 2.20. The number of benzene rings is 1. The van der Waals surface area contributed by atoms with E-state index in [0.717, 1.165) is 11.1 Å². The molecule has 0 saturated heterocycles. The monoisotopic (exact) mass is 329 g/mol. The number of carbonyl (C=O) groups excluding carboxylic acids is 1. The molecule has 6 heteroatoms. The Morgan fingerprint density at radius 3 is 2.79 bits per heavy atom. The second kappa shape index (κ2) is 7.77. The lowest BCUT2D eigenvalue weighted by molar-refractivity contribution is -0.127. The van der Waals surface area contributed by atoms with Crippen molar-refractivity contribution < 1.29 is 9.53 Å². The fourth-order valence-corrected chi connectivity index (χ4v) is 2.24. The summed E-state index contributed by atoms with van der Waals surface area (Å²) in [6, 6.07) is 5.88. The fraction of sp³-hybridized carbons (Fsp3) is 0.389. The van der Waals surface area contributed by atoms with Gasteiger partial charge in [0.1, 0.15) is 5.75 Å². The van der Waals surface area contributed by atoms with E-state index in [0.29, 0.717) is 24.4 Å². The molecule has 0 spiro atoms. The molecule has 0 fully saturated rings. The first-order valence-corrected chi connectivity index (χ1v) is 7.91. The van der Waals surface area contributed by atoms with E-state index in [9.17, 15) is 9.59 Å². The summed E-state index contributed by atoms with van der Waals surface area (Å²) >= 11 is 0. The third-order valence-corrected chi connectivity index (χ3v) is 3.74. The highest BCUT2D eigenvalue weighted by molar-refractivity contribution is 5.80. The molecule has 0 aliphatic carbocycles. The maximum absolute atomic E-state index is 12.1. The van der Waals surface area contributed by atoms with Crippen LogP contribution in [0.25, 0.3) is 0 Å². The van der Waals surface area contributed by atoms with Crippen LogP contribution in [0.3, 0.4) is 0 Å². The van der Waals surface area contributed by atoms with Crippen LogP contribution in [0.5, 0.6) is 5.75 Å². The molecule has 128 valence electrons. The van der Waals surface area contributed by atoms with Crippen LogP contribution in [0, 0.1) is 20.8 Å². The third kappa shape index (κ3) is 4.44. The minimum atomic E-state index is -0.613. The summed E-state index contributed by atoms with van der Waals surface area (Å²) in [4.78, 5) is 28.0. The fourth-order valence-electron chi connectivity index (χ4n) is 2.24. The predicted octanol–water partition coefficient (Wildman–Crippen LogP) is 1.75. The highest BCUT2D eigenvalue weighted by atomic mass is 16.5. The van der Waals surface area contributed by atoms with Gasteiger partial charge in [-0.25, -0.2) is 4.98 Å². The predicted molar refractivity (Wildman–Crippen MR) is 92.2 cm³/mol. The number of aryl methyl sites for hydroxylation is 3. The Morgan fingerprint density at radius 1 is 1.29 bits per heavy atom.